The summed E-state index contributed by atoms with van der Waals surface area (Å²) in [5.41, 5.74) is 1.40. The minimum absolute atomic E-state index is 0.216. The Labute approximate surface area is 108 Å². The SMILES string of the molecule is Oc1ccc(C=Nc2ccc(Cl)nc2Cl)cc1. The number of benzene rings is 1. The fraction of sp³-hybridized carbons (Fsp3) is 0. The fourth-order valence-electron chi connectivity index (χ4n) is 1.21. The van der Waals surface area contributed by atoms with E-state index in [2.05, 4.69) is 9.98 Å². The number of nitrogens with zero attached hydrogens (tertiary/aromatic N) is 2. The number of phenolic OH excluding ortho intramolecular Hbond substituents is 1. The maximum Gasteiger partial charge on any atom is 0.156 e. The normalized spacial score (nSPS) is 10.9. The number of aromatic hydroxyl groups is 1. The first-order valence-electron chi connectivity index (χ1n) is 4.80. The van der Waals surface area contributed by atoms with Crippen LogP contribution < -0.4 is 0 Å². The molecule has 5 heteroatoms. The summed E-state index contributed by atoms with van der Waals surface area (Å²) in [5, 5.41) is 9.72. The molecule has 0 aliphatic rings. The van der Waals surface area contributed by atoms with Crippen LogP contribution in [0.15, 0.2) is 41.4 Å². The van der Waals surface area contributed by atoms with Crippen LogP contribution in [0, 0.1) is 0 Å². The maximum absolute atomic E-state index is 9.13. The first-order valence-corrected chi connectivity index (χ1v) is 5.56. The molecule has 0 aliphatic carbocycles. The van der Waals surface area contributed by atoms with Gasteiger partial charge in [0.2, 0.25) is 0 Å². The second kappa shape index (κ2) is 5.17. The zero-order valence-corrected chi connectivity index (χ0v) is 10.2. The Morgan fingerprint density at radius 2 is 1.76 bits per heavy atom. The summed E-state index contributed by atoms with van der Waals surface area (Å²) in [6, 6.07) is 9.98. The Morgan fingerprint density at radius 3 is 2.41 bits per heavy atom. The van der Waals surface area contributed by atoms with E-state index in [4.69, 9.17) is 28.3 Å². The van der Waals surface area contributed by atoms with E-state index < -0.39 is 0 Å². The van der Waals surface area contributed by atoms with Gasteiger partial charge in [-0.15, -0.1) is 0 Å². The molecule has 3 nitrogen and oxygen atoms in total. The minimum atomic E-state index is 0.216. The predicted octanol–water partition coefficient (Wildman–Crippen LogP) is 3.84. The molecular formula is C12H8Cl2N2O. The van der Waals surface area contributed by atoms with E-state index in [1.54, 1.807) is 42.6 Å². The maximum atomic E-state index is 9.13. The van der Waals surface area contributed by atoms with Gasteiger partial charge in [-0.25, -0.2) is 4.98 Å². The number of hydrogen-bond donors (Lipinski definition) is 1. The zero-order valence-electron chi connectivity index (χ0n) is 8.64. The summed E-state index contributed by atoms with van der Waals surface area (Å²) in [4.78, 5) is 8.06. The molecule has 0 aliphatic heterocycles. The predicted molar refractivity (Wildman–Crippen MR) is 69.6 cm³/mol. The molecule has 0 unspecified atom stereocenters. The number of hydrogen-bond acceptors (Lipinski definition) is 3. The number of halogens is 2. The highest BCUT2D eigenvalue weighted by atomic mass is 35.5. The van der Waals surface area contributed by atoms with Crippen molar-refractivity contribution in [2.24, 2.45) is 4.99 Å². The summed E-state index contributed by atoms with van der Waals surface area (Å²) in [6.07, 6.45) is 1.64. The van der Waals surface area contributed by atoms with Gasteiger partial charge in [-0.05, 0) is 42.0 Å². The van der Waals surface area contributed by atoms with Crippen molar-refractivity contribution in [2.45, 2.75) is 0 Å². The molecule has 0 spiro atoms. The molecule has 0 saturated carbocycles. The molecule has 2 aromatic rings. The lowest BCUT2D eigenvalue weighted by Crippen LogP contribution is -1.81. The molecule has 86 valence electrons. The van der Waals surface area contributed by atoms with Gasteiger partial charge in [0.1, 0.15) is 16.6 Å². The van der Waals surface area contributed by atoms with Crippen LogP contribution >= 0.6 is 23.2 Å². The lowest BCUT2D eigenvalue weighted by Gasteiger charge is -1.97. The largest absolute Gasteiger partial charge is 0.508 e. The minimum Gasteiger partial charge on any atom is -0.508 e. The monoisotopic (exact) mass is 266 g/mol. The topological polar surface area (TPSA) is 45.5 Å². The first kappa shape index (κ1) is 11.9. The molecule has 0 atom stereocenters. The molecule has 0 bridgehead atoms. The molecule has 1 heterocycles. The van der Waals surface area contributed by atoms with Gasteiger partial charge in [-0.1, -0.05) is 23.2 Å². The van der Waals surface area contributed by atoms with Crippen LogP contribution in [0.1, 0.15) is 5.56 Å². The third-order valence-corrected chi connectivity index (χ3v) is 2.53. The van der Waals surface area contributed by atoms with Crippen molar-refractivity contribution in [1.82, 2.24) is 4.98 Å². The van der Waals surface area contributed by atoms with Crippen molar-refractivity contribution in [3.63, 3.8) is 0 Å². The van der Waals surface area contributed by atoms with Crippen LogP contribution in [0.3, 0.4) is 0 Å². The summed E-state index contributed by atoms with van der Waals surface area (Å²) < 4.78 is 0. The highest BCUT2D eigenvalue weighted by molar-refractivity contribution is 6.34. The van der Waals surface area contributed by atoms with Crippen molar-refractivity contribution in [3.05, 3.63) is 52.3 Å². The van der Waals surface area contributed by atoms with Gasteiger partial charge >= 0.3 is 0 Å². The average Bonchev–Trinajstić information content (AvgIpc) is 2.30. The highest BCUT2D eigenvalue weighted by Crippen LogP contribution is 2.24. The second-order valence-electron chi connectivity index (χ2n) is 3.29. The molecule has 1 N–H and O–H groups in total. The van der Waals surface area contributed by atoms with Gasteiger partial charge in [0.15, 0.2) is 5.15 Å². The van der Waals surface area contributed by atoms with Crippen molar-refractivity contribution < 1.29 is 5.11 Å². The lowest BCUT2D eigenvalue weighted by atomic mass is 10.2. The Kier molecular flexibility index (Phi) is 3.61. The van der Waals surface area contributed by atoms with Crippen molar-refractivity contribution >= 4 is 35.1 Å². The van der Waals surface area contributed by atoms with Crippen LogP contribution in [0.2, 0.25) is 10.3 Å². The number of aromatic nitrogens is 1. The van der Waals surface area contributed by atoms with Gasteiger partial charge in [-0.2, -0.15) is 0 Å². The second-order valence-corrected chi connectivity index (χ2v) is 4.04. The molecular weight excluding hydrogens is 259 g/mol. The molecule has 17 heavy (non-hydrogen) atoms. The smallest absolute Gasteiger partial charge is 0.156 e. The molecule has 0 saturated heterocycles. The van der Waals surface area contributed by atoms with E-state index >= 15 is 0 Å². The van der Waals surface area contributed by atoms with Crippen LogP contribution in [-0.2, 0) is 0 Å². The van der Waals surface area contributed by atoms with Crippen molar-refractivity contribution in [2.75, 3.05) is 0 Å². The Hall–Kier alpha value is -1.58. The van der Waals surface area contributed by atoms with Crippen LogP contribution in [-0.4, -0.2) is 16.3 Å². The third-order valence-electron chi connectivity index (χ3n) is 2.04. The Morgan fingerprint density at radius 1 is 1.06 bits per heavy atom. The van der Waals surface area contributed by atoms with E-state index in [0.29, 0.717) is 10.8 Å². The molecule has 0 fully saturated rings. The molecule has 1 aromatic carbocycles. The highest BCUT2D eigenvalue weighted by Gasteiger charge is 2.00. The Bertz CT molecular complexity index is 553. The molecule has 1 aromatic heterocycles. The van der Waals surface area contributed by atoms with Crippen molar-refractivity contribution in [3.8, 4) is 5.75 Å². The quantitative estimate of drug-likeness (QED) is 0.663. The van der Waals surface area contributed by atoms with Crippen LogP contribution in [0.4, 0.5) is 5.69 Å². The molecule has 0 radical (unpaired) electrons. The van der Waals surface area contributed by atoms with Gasteiger partial charge in [-0.3, -0.25) is 4.99 Å². The van der Waals surface area contributed by atoms with Gasteiger partial charge in [0.25, 0.3) is 0 Å². The number of phenols is 1. The van der Waals surface area contributed by atoms with Crippen molar-refractivity contribution in [1.29, 1.82) is 0 Å². The van der Waals surface area contributed by atoms with E-state index in [9.17, 15) is 0 Å². The zero-order chi connectivity index (χ0) is 12.3. The lowest BCUT2D eigenvalue weighted by molar-refractivity contribution is 0.475. The van der Waals surface area contributed by atoms with E-state index in [0.717, 1.165) is 5.56 Å². The average molecular weight is 267 g/mol. The number of rotatable bonds is 2. The summed E-state index contributed by atoms with van der Waals surface area (Å²) >= 11 is 11.5. The summed E-state index contributed by atoms with van der Waals surface area (Å²) in [7, 11) is 0. The van der Waals surface area contributed by atoms with E-state index in [1.165, 1.54) is 0 Å². The van der Waals surface area contributed by atoms with E-state index in [-0.39, 0.29) is 10.9 Å². The van der Waals surface area contributed by atoms with Gasteiger partial charge < -0.3 is 5.11 Å². The standard InChI is InChI=1S/C12H8Cl2N2O/c13-11-6-5-10(12(14)16-11)15-7-8-1-3-9(17)4-2-8/h1-7,17H. The first-order chi connectivity index (χ1) is 8.15. The van der Waals surface area contributed by atoms with E-state index in [1.807, 2.05) is 0 Å². The third kappa shape index (κ3) is 3.19. The number of pyridine rings is 1. The Balaban J connectivity index is 2.23. The molecule has 0 amide bonds. The van der Waals surface area contributed by atoms with Crippen LogP contribution in [0.5, 0.6) is 5.75 Å². The van der Waals surface area contributed by atoms with Gasteiger partial charge in [0.05, 0.1) is 0 Å². The number of aliphatic imine (C=N–C) groups is 1. The van der Waals surface area contributed by atoms with Crippen LogP contribution in [0.25, 0.3) is 0 Å². The summed E-state index contributed by atoms with van der Waals surface area (Å²) in [6.45, 7) is 0. The van der Waals surface area contributed by atoms with Gasteiger partial charge in [0, 0.05) is 6.21 Å². The fourth-order valence-corrected chi connectivity index (χ4v) is 1.60. The molecule has 2 rings (SSSR count). The summed E-state index contributed by atoms with van der Waals surface area (Å²) in [5.74, 6) is 0.216.